The number of pyridine rings is 1. The van der Waals surface area contributed by atoms with E-state index in [9.17, 15) is 4.79 Å². The first kappa shape index (κ1) is 20.6. The topological polar surface area (TPSA) is 70.0 Å². The highest BCUT2D eigenvalue weighted by Crippen LogP contribution is 2.52. The van der Waals surface area contributed by atoms with Crippen LogP contribution in [0.2, 0.25) is 0 Å². The Morgan fingerprint density at radius 3 is 2.72 bits per heavy atom. The molecule has 1 aromatic carbocycles. The van der Waals surface area contributed by atoms with Crippen LogP contribution < -0.4 is 5.32 Å². The van der Waals surface area contributed by atoms with E-state index in [1.807, 2.05) is 37.3 Å². The lowest BCUT2D eigenvalue weighted by Gasteiger charge is -2.51. The molecular weight excluding hydrogens is 398 g/mol. The van der Waals surface area contributed by atoms with E-state index in [-0.39, 0.29) is 17.6 Å². The first-order chi connectivity index (χ1) is 15.3. The van der Waals surface area contributed by atoms with Crippen LogP contribution in [0.5, 0.6) is 0 Å². The summed E-state index contributed by atoms with van der Waals surface area (Å²) < 4.78 is 0. The lowest BCUT2D eigenvalue weighted by atomic mass is 9.61. The predicted molar refractivity (Wildman–Crippen MR) is 125 cm³/mol. The number of hydrogen-bond acceptors (Lipinski definition) is 5. The Balaban J connectivity index is 1.75. The molecule has 3 aliphatic heterocycles. The van der Waals surface area contributed by atoms with Crippen LogP contribution in [0.25, 0.3) is 11.1 Å². The van der Waals surface area contributed by atoms with Gasteiger partial charge in [0.25, 0.3) is 5.91 Å². The number of aryl methyl sites for hydroxylation is 1. The van der Waals surface area contributed by atoms with Gasteiger partial charge in [-0.05, 0) is 62.1 Å². The van der Waals surface area contributed by atoms with Crippen LogP contribution in [0.3, 0.4) is 0 Å². The first-order valence-corrected chi connectivity index (χ1v) is 11.2. The lowest BCUT2D eigenvalue weighted by molar-refractivity contribution is -0.132. The molecule has 0 saturated heterocycles. The highest BCUT2D eigenvalue weighted by Gasteiger charge is 2.54. The highest BCUT2D eigenvalue weighted by atomic mass is 16.2. The van der Waals surface area contributed by atoms with Crippen molar-refractivity contribution in [3.63, 3.8) is 0 Å². The molecule has 3 aliphatic rings. The normalized spacial score (nSPS) is 25.9. The molecule has 6 nitrogen and oxygen atoms in total. The van der Waals surface area contributed by atoms with E-state index in [2.05, 4.69) is 71.6 Å². The number of amides is 1. The Labute approximate surface area is 189 Å². The van der Waals surface area contributed by atoms with Crippen molar-refractivity contribution in [2.45, 2.75) is 57.7 Å². The van der Waals surface area contributed by atoms with Crippen LogP contribution in [-0.2, 0) is 10.2 Å². The summed E-state index contributed by atoms with van der Waals surface area (Å²) in [7, 11) is 1.91. The summed E-state index contributed by atoms with van der Waals surface area (Å²) in [5.41, 5.74) is 6.34. The van der Waals surface area contributed by atoms with Crippen LogP contribution in [0, 0.1) is 6.92 Å². The van der Waals surface area contributed by atoms with E-state index < -0.39 is 5.41 Å². The maximum atomic E-state index is 13.8. The number of azo groups is 1. The minimum Gasteiger partial charge on any atom is -0.362 e. The van der Waals surface area contributed by atoms with Crippen molar-refractivity contribution >= 4 is 5.91 Å². The zero-order valence-electron chi connectivity index (χ0n) is 19.3. The first-order valence-electron chi connectivity index (χ1n) is 11.2. The number of benzene rings is 1. The van der Waals surface area contributed by atoms with Crippen molar-refractivity contribution in [2.75, 3.05) is 7.05 Å². The summed E-state index contributed by atoms with van der Waals surface area (Å²) in [5.74, 6) is 0.0713. The minimum atomic E-state index is -0.575. The number of nitrogens with one attached hydrogen (secondary N) is 1. The van der Waals surface area contributed by atoms with Gasteiger partial charge in [0, 0.05) is 42.2 Å². The van der Waals surface area contributed by atoms with Gasteiger partial charge in [0.2, 0.25) is 0 Å². The second-order valence-corrected chi connectivity index (χ2v) is 9.59. The van der Waals surface area contributed by atoms with Crippen LogP contribution in [0.4, 0.5) is 0 Å². The fourth-order valence-corrected chi connectivity index (χ4v) is 5.41. The molecule has 4 heterocycles. The molecule has 5 rings (SSSR count). The van der Waals surface area contributed by atoms with Crippen molar-refractivity contribution in [3.05, 3.63) is 76.9 Å². The van der Waals surface area contributed by atoms with E-state index in [0.717, 1.165) is 52.1 Å². The smallest absolute Gasteiger partial charge is 0.252 e. The number of hydrogen-bond donors (Lipinski definition) is 1. The van der Waals surface area contributed by atoms with E-state index in [0.29, 0.717) is 0 Å². The summed E-state index contributed by atoms with van der Waals surface area (Å²) in [5, 5.41) is 12.3. The fraction of sp³-hybridized carbons (Fsp3) is 0.385. The molecule has 1 unspecified atom stereocenters. The van der Waals surface area contributed by atoms with Crippen molar-refractivity contribution in [2.24, 2.45) is 10.2 Å². The molecule has 1 amide bonds. The molecule has 0 bridgehead atoms. The molecule has 0 spiro atoms. The van der Waals surface area contributed by atoms with Crippen LogP contribution >= 0.6 is 0 Å². The molecule has 32 heavy (non-hydrogen) atoms. The third-order valence-electron chi connectivity index (χ3n) is 7.36. The van der Waals surface area contributed by atoms with Gasteiger partial charge in [0.15, 0.2) is 6.17 Å². The zero-order valence-corrected chi connectivity index (χ0v) is 19.3. The number of carbonyl (C=O) groups excluding carboxylic acids is 1. The van der Waals surface area contributed by atoms with Gasteiger partial charge in [-0.1, -0.05) is 25.1 Å². The third-order valence-corrected chi connectivity index (χ3v) is 7.36. The molecular formula is C26H29N5O. The molecule has 0 saturated carbocycles. The number of nitrogens with zero attached hydrogens (tertiary/aromatic N) is 4. The number of fused-ring (bicyclic) bond motifs is 1. The number of aromatic nitrogens is 1. The molecule has 0 aliphatic carbocycles. The van der Waals surface area contributed by atoms with E-state index in [4.69, 9.17) is 0 Å². The van der Waals surface area contributed by atoms with Crippen molar-refractivity contribution in [1.29, 1.82) is 0 Å². The van der Waals surface area contributed by atoms with Gasteiger partial charge in [-0.15, -0.1) is 0 Å². The maximum absolute atomic E-state index is 13.8. The van der Waals surface area contributed by atoms with Gasteiger partial charge in [0.1, 0.15) is 0 Å². The fourth-order valence-electron chi connectivity index (χ4n) is 5.41. The van der Waals surface area contributed by atoms with Gasteiger partial charge in [-0.25, -0.2) is 0 Å². The monoisotopic (exact) mass is 427 g/mol. The summed E-state index contributed by atoms with van der Waals surface area (Å²) in [6.07, 6.45) is 4.97. The Morgan fingerprint density at radius 2 is 1.97 bits per heavy atom. The minimum absolute atomic E-state index is 0.0713. The highest BCUT2D eigenvalue weighted by molar-refractivity contribution is 6.00. The van der Waals surface area contributed by atoms with Crippen LogP contribution in [0.15, 0.2) is 75.9 Å². The number of likely N-dealkylation sites (N-methyl/N-ethyl adjacent to an activating group) is 1. The zero-order chi connectivity index (χ0) is 22.7. The molecule has 6 heteroatoms. The van der Waals surface area contributed by atoms with E-state index >= 15 is 0 Å². The predicted octanol–water partition coefficient (Wildman–Crippen LogP) is 4.88. The Kier molecular flexibility index (Phi) is 4.59. The van der Waals surface area contributed by atoms with Crippen molar-refractivity contribution in [1.82, 2.24) is 15.2 Å². The molecule has 2 aromatic rings. The largest absolute Gasteiger partial charge is 0.362 e. The summed E-state index contributed by atoms with van der Waals surface area (Å²) in [6.45, 7) is 8.37. The third kappa shape index (κ3) is 2.85. The van der Waals surface area contributed by atoms with E-state index in [1.165, 1.54) is 0 Å². The van der Waals surface area contributed by atoms with Crippen LogP contribution in [0.1, 0.15) is 44.9 Å². The molecule has 164 valence electrons. The van der Waals surface area contributed by atoms with Gasteiger partial charge < -0.3 is 10.2 Å². The summed E-state index contributed by atoms with van der Waals surface area (Å²) in [6, 6.07) is 12.7. The number of carbonyl (C=O) groups is 1. The van der Waals surface area contributed by atoms with Gasteiger partial charge >= 0.3 is 0 Å². The van der Waals surface area contributed by atoms with Crippen molar-refractivity contribution < 1.29 is 4.79 Å². The Bertz CT molecular complexity index is 1210. The standard InChI is InChI=1S/C26H29N5O/c1-6-26(19-9-7-8-17(13-19)18-10-11-27-16(2)12-18)20-15-28-30-23(20)29-21-14-25(3,4)31(5)24(32)22(21)26/h7-13,15,23,29H,6,14H2,1-5H3/t23?,26-/m0/s1. The molecule has 1 N–H and O–H groups in total. The van der Waals surface area contributed by atoms with Gasteiger partial charge in [-0.2, -0.15) is 10.2 Å². The van der Waals surface area contributed by atoms with E-state index in [1.54, 1.807) is 0 Å². The Hall–Kier alpha value is -3.28. The summed E-state index contributed by atoms with van der Waals surface area (Å²) >= 11 is 0. The lowest BCUT2D eigenvalue weighted by Crippen LogP contribution is -2.58. The average molecular weight is 428 g/mol. The SMILES string of the molecule is CC[C@]1(c2cccc(-c3ccnc(C)c3)c2)C2=CN=NC2NC2=C1C(=O)N(C)C(C)(C)C2. The molecule has 1 aromatic heterocycles. The summed E-state index contributed by atoms with van der Waals surface area (Å²) in [4.78, 5) is 20.1. The van der Waals surface area contributed by atoms with Gasteiger partial charge in [0.05, 0.1) is 17.2 Å². The molecule has 0 radical (unpaired) electrons. The maximum Gasteiger partial charge on any atom is 0.252 e. The second-order valence-electron chi connectivity index (χ2n) is 9.59. The quantitative estimate of drug-likeness (QED) is 0.759. The Morgan fingerprint density at radius 1 is 1.19 bits per heavy atom. The van der Waals surface area contributed by atoms with Crippen LogP contribution in [-0.4, -0.2) is 34.5 Å². The van der Waals surface area contributed by atoms with Crippen molar-refractivity contribution in [3.8, 4) is 11.1 Å². The van der Waals surface area contributed by atoms with Gasteiger partial charge in [-0.3, -0.25) is 9.78 Å². The second kappa shape index (κ2) is 7.12. The molecule has 2 atom stereocenters. The molecule has 0 fully saturated rings. The number of rotatable bonds is 3. The average Bonchev–Trinajstić information content (AvgIpc) is 3.25.